The van der Waals surface area contributed by atoms with Crippen LogP contribution in [0.3, 0.4) is 0 Å². The normalized spacial score (nSPS) is 13.8. The standard InChI is InChI=1S/C17H11BrClFNS/c18-13-8-11(20)9-15-16(13)17(14-2-1-7-21(14)15)22-12-5-3-10(19)4-6-12/h2-6,8-9H,1,7H2. The molecule has 0 saturated heterocycles. The Hall–Kier alpha value is -0.970. The highest BCUT2D eigenvalue weighted by molar-refractivity contribution is 9.10. The average Bonchev–Trinajstić information content (AvgIpc) is 3.05. The zero-order valence-electron chi connectivity index (χ0n) is 11.4. The molecule has 5 heteroatoms. The van der Waals surface area contributed by atoms with Gasteiger partial charge in [-0.1, -0.05) is 23.4 Å². The van der Waals surface area contributed by atoms with Crippen molar-refractivity contribution in [2.24, 2.45) is 0 Å². The number of hydrogen-bond acceptors (Lipinski definition) is 1. The van der Waals surface area contributed by atoms with E-state index in [1.54, 1.807) is 17.8 Å². The molecule has 0 spiro atoms. The molecule has 0 N–H and O–H groups in total. The summed E-state index contributed by atoms with van der Waals surface area (Å²) in [6.45, 7) is 0.906. The van der Waals surface area contributed by atoms with Crippen LogP contribution in [0, 0.1) is 12.2 Å². The lowest BCUT2D eigenvalue weighted by atomic mass is 10.2. The fourth-order valence-electron chi connectivity index (χ4n) is 2.88. The Morgan fingerprint density at radius 2 is 1.95 bits per heavy atom. The first-order chi connectivity index (χ1) is 10.6. The van der Waals surface area contributed by atoms with E-state index in [1.165, 1.54) is 16.7 Å². The van der Waals surface area contributed by atoms with Crippen LogP contribution in [0.5, 0.6) is 0 Å². The number of nitrogens with zero attached hydrogens (tertiary/aromatic N) is 1. The summed E-state index contributed by atoms with van der Waals surface area (Å²) in [7, 11) is 0. The van der Waals surface area contributed by atoms with Gasteiger partial charge in [0, 0.05) is 43.3 Å². The third-order valence-corrected chi connectivity index (χ3v) is 5.80. The van der Waals surface area contributed by atoms with E-state index in [4.69, 9.17) is 11.6 Å². The van der Waals surface area contributed by atoms with Crippen molar-refractivity contribution in [3.05, 3.63) is 63.8 Å². The summed E-state index contributed by atoms with van der Waals surface area (Å²) in [5.74, 6) is -0.213. The van der Waals surface area contributed by atoms with Crippen LogP contribution in [0.2, 0.25) is 5.02 Å². The van der Waals surface area contributed by atoms with Gasteiger partial charge in [-0.25, -0.2) is 4.39 Å². The van der Waals surface area contributed by atoms with E-state index in [0.717, 1.165) is 38.3 Å². The van der Waals surface area contributed by atoms with Gasteiger partial charge >= 0.3 is 0 Å². The molecule has 1 radical (unpaired) electrons. The molecule has 0 aliphatic carbocycles. The molecule has 2 heterocycles. The lowest BCUT2D eigenvalue weighted by molar-refractivity contribution is 0.627. The van der Waals surface area contributed by atoms with Gasteiger partial charge in [0.1, 0.15) is 5.82 Å². The van der Waals surface area contributed by atoms with E-state index in [1.807, 2.05) is 24.3 Å². The molecular formula is C17H11BrClFNS. The first kappa shape index (κ1) is 14.6. The SMILES string of the molecule is Fc1cc(Br)c2c(Sc3ccc(Cl)cc3)c3n(c2c1)CC[CH]3. The lowest BCUT2D eigenvalue weighted by Gasteiger charge is -2.04. The maximum absolute atomic E-state index is 13.8. The topological polar surface area (TPSA) is 4.93 Å². The second-order valence-corrected chi connectivity index (χ2v) is 7.57. The summed E-state index contributed by atoms with van der Waals surface area (Å²) in [6.07, 6.45) is 3.22. The Labute approximate surface area is 145 Å². The van der Waals surface area contributed by atoms with E-state index in [2.05, 4.69) is 26.9 Å². The highest BCUT2D eigenvalue weighted by Gasteiger charge is 2.24. The van der Waals surface area contributed by atoms with Crippen LogP contribution in [0.25, 0.3) is 10.9 Å². The van der Waals surface area contributed by atoms with Crippen molar-refractivity contribution in [2.75, 3.05) is 0 Å². The zero-order chi connectivity index (χ0) is 15.3. The first-order valence-corrected chi connectivity index (χ1v) is 8.90. The van der Waals surface area contributed by atoms with Crippen molar-refractivity contribution in [3.8, 4) is 0 Å². The van der Waals surface area contributed by atoms with Crippen LogP contribution in [0.4, 0.5) is 4.39 Å². The molecule has 0 fully saturated rings. The van der Waals surface area contributed by atoms with Gasteiger partial charge in [-0.2, -0.15) is 0 Å². The maximum atomic E-state index is 13.8. The monoisotopic (exact) mass is 394 g/mol. The van der Waals surface area contributed by atoms with Crippen molar-refractivity contribution >= 4 is 50.2 Å². The van der Waals surface area contributed by atoms with Gasteiger partial charge in [0.25, 0.3) is 0 Å². The quantitative estimate of drug-likeness (QED) is 0.492. The molecule has 111 valence electrons. The number of fused-ring (bicyclic) bond motifs is 3. The van der Waals surface area contributed by atoms with E-state index in [0.29, 0.717) is 0 Å². The summed E-state index contributed by atoms with van der Waals surface area (Å²) < 4.78 is 16.8. The van der Waals surface area contributed by atoms with Crippen LogP contribution >= 0.6 is 39.3 Å². The van der Waals surface area contributed by atoms with Gasteiger partial charge in [-0.3, -0.25) is 0 Å². The third kappa shape index (κ3) is 2.38. The summed E-state index contributed by atoms with van der Waals surface area (Å²) in [6, 6.07) is 10.9. The van der Waals surface area contributed by atoms with Crippen molar-refractivity contribution in [1.29, 1.82) is 0 Å². The van der Waals surface area contributed by atoms with Crippen LogP contribution in [-0.4, -0.2) is 4.57 Å². The summed E-state index contributed by atoms with van der Waals surface area (Å²) >= 11 is 11.2. The van der Waals surface area contributed by atoms with Crippen LogP contribution < -0.4 is 0 Å². The van der Waals surface area contributed by atoms with Gasteiger partial charge in [0.2, 0.25) is 0 Å². The molecule has 4 rings (SSSR count). The molecule has 1 nitrogen and oxygen atoms in total. The second kappa shape index (κ2) is 5.59. The van der Waals surface area contributed by atoms with Gasteiger partial charge in [0.05, 0.1) is 5.52 Å². The minimum atomic E-state index is -0.213. The van der Waals surface area contributed by atoms with Crippen LogP contribution in [-0.2, 0) is 6.54 Å². The van der Waals surface area contributed by atoms with Crippen LogP contribution in [0.1, 0.15) is 12.1 Å². The third-order valence-electron chi connectivity index (χ3n) is 3.80. The Bertz CT molecular complexity index is 873. The number of hydrogen-bond donors (Lipinski definition) is 0. The molecule has 0 atom stereocenters. The maximum Gasteiger partial charge on any atom is 0.126 e. The van der Waals surface area contributed by atoms with Gasteiger partial charge in [0.15, 0.2) is 0 Å². The van der Waals surface area contributed by atoms with Crippen molar-refractivity contribution in [2.45, 2.75) is 22.8 Å². The largest absolute Gasteiger partial charge is 0.343 e. The molecule has 1 aromatic heterocycles. The smallest absolute Gasteiger partial charge is 0.126 e. The number of aryl methyl sites for hydroxylation is 1. The first-order valence-electron chi connectivity index (χ1n) is 6.91. The van der Waals surface area contributed by atoms with Crippen molar-refractivity contribution < 1.29 is 4.39 Å². The predicted octanol–water partition coefficient (Wildman–Crippen LogP) is 6.30. The fourth-order valence-corrected chi connectivity index (χ4v) is 4.88. The van der Waals surface area contributed by atoms with E-state index < -0.39 is 0 Å². The Morgan fingerprint density at radius 1 is 1.18 bits per heavy atom. The van der Waals surface area contributed by atoms with E-state index in [9.17, 15) is 4.39 Å². The van der Waals surface area contributed by atoms with Gasteiger partial charge in [-0.15, -0.1) is 0 Å². The highest BCUT2D eigenvalue weighted by atomic mass is 79.9. The van der Waals surface area contributed by atoms with Crippen molar-refractivity contribution in [3.63, 3.8) is 0 Å². The summed E-state index contributed by atoms with van der Waals surface area (Å²) in [4.78, 5) is 2.29. The summed E-state index contributed by atoms with van der Waals surface area (Å²) in [5.41, 5.74) is 2.13. The number of halogens is 3. The summed E-state index contributed by atoms with van der Waals surface area (Å²) in [5, 5.41) is 1.80. The van der Waals surface area contributed by atoms with E-state index >= 15 is 0 Å². The second-order valence-electron chi connectivity index (χ2n) is 5.20. The van der Waals surface area contributed by atoms with Crippen molar-refractivity contribution in [1.82, 2.24) is 4.57 Å². The Morgan fingerprint density at radius 3 is 2.73 bits per heavy atom. The minimum absolute atomic E-state index is 0.213. The molecule has 3 aromatic rings. The molecule has 1 aliphatic heterocycles. The van der Waals surface area contributed by atoms with Crippen LogP contribution in [0.15, 0.2) is 50.7 Å². The predicted molar refractivity (Wildman–Crippen MR) is 93.2 cm³/mol. The highest BCUT2D eigenvalue weighted by Crippen LogP contribution is 2.44. The Kier molecular flexibility index (Phi) is 3.71. The number of rotatable bonds is 2. The minimum Gasteiger partial charge on any atom is -0.343 e. The molecular weight excluding hydrogens is 385 g/mol. The molecule has 0 saturated carbocycles. The molecule has 0 amide bonds. The van der Waals surface area contributed by atoms with Gasteiger partial charge < -0.3 is 4.57 Å². The lowest BCUT2D eigenvalue weighted by Crippen LogP contribution is -1.91. The molecule has 0 bridgehead atoms. The molecule has 22 heavy (non-hydrogen) atoms. The Balaban J connectivity index is 1.91. The van der Waals surface area contributed by atoms with Gasteiger partial charge in [-0.05, 0) is 58.7 Å². The molecule has 1 aliphatic rings. The fraction of sp³-hybridized carbons (Fsp3) is 0.118. The molecule has 2 aromatic carbocycles. The number of benzene rings is 2. The van der Waals surface area contributed by atoms with E-state index in [-0.39, 0.29) is 5.82 Å². The molecule has 0 unspecified atom stereocenters. The number of aromatic nitrogens is 1. The zero-order valence-corrected chi connectivity index (χ0v) is 14.6. The average molecular weight is 396 g/mol.